The molecule has 0 aromatic heterocycles. The molecule has 0 saturated heterocycles. The smallest absolute Gasteiger partial charge is 0.251 e. The Labute approximate surface area is 139 Å². The Morgan fingerprint density at radius 3 is 2.30 bits per heavy atom. The fraction of sp³-hybridized carbons (Fsp3) is 0.176. The van der Waals surface area contributed by atoms with Crippen molar-refractivity contribution in [1.29, 1.82) is 0 Å². The van der Waals surface area contributed by atoms with E-state index >= 15 is 0 Å². The van der Waals surface area contributed by atoms with Gasteiger partial charge in [0.2, 0.25) is 0 Å². The van der Waals surface area contributed by atoms with Crippen molar-refractivity contribution in [3.8, 4) is 0 Å². The summed E-state index contributed by atoms with van der Waals surface area (Å²) in [6, 6.07) is 13.1. The normalized spacial score (nSPS) is 11.6. The van der Waals surface area contributed by atoms with Crippen LogP contribution in [0.15, 0.2) is 48.5 Å². The lowest BCUT2D eigenvalue weighted by Gasteiger charge is -2.12. The van der Waals surface area contributed by atoms with Gasteiger partial charge in [-0.25, -0.2) is 0 Å². The van der Waals surface area contributed by atoms with Crippen LogP contribution in [0.4, 0.5) is 0 Å². The first kappa shape index (κ1) is 17.0. The molecule has 0 fully saturated rings. The van der Waals surface area contributed by atoms with Gasteiger partial charge in [0.25, 0.3) is 11.8 Å². The first-order valence-corrected chi connectivity index (χ1v) is 7.43. The predicted octanol–water partition coefficient (Wildman–Crippen LogP) is 2.16. The van der Waals surface area contributed by atoms with Gasteiger partial charge in [0, 0.05) is 29.7 Å². The highest BCUT2D eigenvalue weighted by Crippen LogP contribution is 2.16. The van der Waals surface area contributed by atoms with Gasteiger partial charge in [-0.1, -0.05) is 29.8 Å². The number of nitrogens with one attached hydrogen (secondary N) is 2. The van der Waals surface area contributed by atoms with Gasteiger partial charge in [-0.2, -0.15) is 0 Å². The minimum atomic E-state index is -0.835. The highest BCUT2D eigenvalue weighted by atomic mass is 35.5. The lowest BCUT2D eigenvalue weighted by atomic mass is 10.1. The maximum Gasteiger partial charge on any atom is 0.251 e. The molecule has 2 aromatic carbocycles. The zero-order valence-corrected chi connectivity index (χ0v) is 13.3. The van der Waals surface area contributed by atoms with Crippen LogP contribution in [0.3, 0.4) is 0 Å². The van der Waals surface area contributed by atoms with Crippen LogP contribution in [0.5, 0.6) is 0 Å². The molecule has 0 aliphatic rings. The Morgan fingerprint density at radius 2 is 1.70 bits per heavy atom. The summed E-state index contributed by atoms with van der Waals surface area (Å²) in [6.45, 7) is 0.0602. The molecule has 120 valence electrons. The summed E-state index contributed by atoms with van der Waals surface area (Å²) >= 11 is 5.79. The number of carbonyl (C=O) groups is 2. The van der Waals surface area contributed by atoms with Gasteiger partial charge in [-0.05, 0) is 35.9 Å². The third-order valence-corrected chi connectivity index (χ3v) is 3.58. The van der Waals surface area contributed by atoms with Crippen molar-refractivity contribution in [2.24, 2.45) is 0 Å². The van der Waals surface area contributed by atoms with Crippen molar-refractivity contribution in [3.63, 3.8) is 0 Å². The van der Waals surface area contributed by atoms with Crippen LogP contribution in [0, 0.1) is 0 Å². The Balaban J connectivity index is 1.99. The van der Waals surface area contributed by atoms with Crippen molar-refractivity contribution in [3.05, 3.63) is 70.2 Å². The molecule has 0 saturated carbocycles. The largest absolute Gasteiger partial charge is 0.387 e. The fourth-order valence-corrected chi connectivity index (χ4v) is 2.17. The van der Waals surface area contributed by atoms with E-state index in [0.29, 0.717) is 21.7 Å². The van der Waals surface area contributed by atoms with Crippen LogP contribution in [-0.4, -0.2) is 30.5 Å². The summed E-state index contributed by atoms with van der Waals surface area (Å²) < 4.78 is 0. The van der Waals surface area contributed by atoms with E-state index in [9.17, 15) is 14.7 Å². The maximum absolute atomic E-state index is 12.1. The molecule has 0 aliphatic heterocycles. The monoisotopic (exact) mass is 332 g/mol. The molecular weight excluding hydrogens is 316 g/mol. The highest BCUT2D eigenvalue weighted by molar-refractivity contribution is 6.30. The van der Waals surface area contributed by atoms with Crippen LogP contribution in [-0.2, 0) is 0 Å². The molecule has 0 bridgehead atoms. The molecule has 5 nitrogen and oxygen atoms in total. The van der Waals surface area contributed by atoms with Crippen molar-refractivity contribution in [2.75, 3.05) is 13.6 Å². The zero-order valence-electron chi connectivity index (χ0n) is 12.5. The molecule has 1 atom stereocenters. The highest BCUT2D eigenvalue weighted by Gasteiger charge is 2.12. The topological polar surface area (TPSA) is 78.4 Å². The molecule has 0 radical (unpaired) electrons. The van der Waals surface area contributed by atoms with E-state index in [1.807, 2.05) is 0 Å². The Bertz CT molecular complexity index is 701. The zero-order chi connectivity index (χ0) is 16.8. The molecule has 2 amide bonds. The number of amides is 2. The number of rotatable bonds is 5. The number of aliphatic hydroxyl groups is 1. The van der Waals surface area contributed by atoms with Gasteiger partial charge < -0.3 is 15.7 Å². The number of aliphatic hydroxyl groups excluding tert-OH is 1. The maximum atomic E-state index is 12.1. The molecule has 2 aromatic rings. The molecular formula is C17H17ClN2O3. The number of hydrogen-bond donors (Lipinski definition) is 3. The third-order valence-electron chi connectivity index (χ3n) is 3.32. The van der Waals surface area contributed by atoms with Gasteiger partial charge in [0.15, 0.2) is 0 Å². The lowest BCUT2D eigenvalue weighted by molar-refractivity contribution is 0.0916. The minimum absolute atomic E-state index is 0.0602. The molecule has 6 heteroatoms. The number of carbonyl (C=O) groups excluding carboxylic acids is 2. The van der Waals surface area contributed by atoms with Gasteiger partial charge in [0.05, 0.1) is 6.10 Å². The van der Waals surface area contributed by atoms with Crippen molar-refractivity contribution >= 4 is 23.4 Å². The van der Waals surface area contributed by atoms with Crippen molar-refractivity contribution in [2.45, 2.75) is 6.10 Å². The molecule has 2 rings (SSSR count). The molecule has 0 aliphatic carbocycles. The second kappa shape index (κ2) is 7.76. The quantitative estimate of drug-likeness (QED) is 0.785. The average molecular weight is 333 g/mol. The van der Waals surface area contributed by atoms with Crippen LogP contribution in [0.2, 0.25) is 5.02 Å². The third kappa shape index (κ3) is 4.55. The van der Waals surface area contributed by atoms with Crippen LogP contribution < -0.4 is 10.6 Å². The molecule has 23 heavy (non-hydrogen) atoms. The molecule has 0 spiro atoms. The Morgan fingerprint density at radius 1 is 1.09 bits per heavy atom. The summed E-state index contributed by atoms with van der Waals surface area (Å²) in [7, 11) is 1.53. The second-order valence-corrected chi connectivity index (χ2v) is 5.37. The van der Waals surface area contributed by atoms with E-state index in [1.165, 1.54) is 13.1 Å². The van der Waals surface area contributed by atoms with Gasteiger partial charge in [-0.15, -0.1) is 0 Å². The summed E-state index contributed by atoms with van der Waals surface area (Å²) in [5.74, 6) is -0.621. The van der Waals surface area contributed by atoms with E-state index in [1.54, 1.807) is 42.5 Å². The first-order chi connectivity index (χ1) is 11.0. The minimum Gasteiger partial charge on any atom is -0.387 e. The van der Waals surface area contributed by atoms with Crippen molar-refractivity contribution in [1.82, 2.24) is 10.6 Å². The summed E-state index contributed by atoms with van der Waals surface area (Å²) in [5.41, 5.74) is 1.42. The van der Waals surface area contributed by atoms with E-state index in [0.717, 1.165) is 0 Å². The predicted molar refractivity (Wildman–Crippen MR) is 88.6 cm³/mol. The van der Waals surface area contributed by atoms with Crippen LogP contribution in [0.1, 0.15) is 32.4 Å². The van der Waals surface area contributed by atoms with Crippen LogP contribution >= 0.6 is 11.6 Å². The molecule has 3 N–H and O–H groups in total. The molecule has 0 heterocycles. The fourth-order valence-electron chi connectivity index (χ4n) is 2.04. The summed E-state index contributed by atoms with van der Waals surface area (Å²) in [4.78, 5) is 23.7. The van der Waals surface area contributed by atoms with Crippen LogP contribution in [0.25, 0.3) is 0 Å². The van der Waals surface area contributed by atoms with Gasteiger partial charge in [-0.3, -0.25) is 9.59 Å². The Hall–Kier alpha value is -2.37. The number of hydrogen-bond acceptors (Lipinski definition) is 3. The van der Waals surface area contributed by atoms with E-state index < -0.39 is 6.10 Å². The van der Waals surface area contributed by atoms with E-state index in [4.69, 9.17) is 11.6 Å². The van der Waals surface area contributed by atoms with E-state index in [2.05, 4.69) is 10.6 Å². The summed E-state index contributed by atoms with van der Waals surface area (Å²) in [5, 5.41) is 15.8. The SMILES string of the molecule is CNC(=O)c1cccc(C(=O)NCC(O)c2ccc(Cl)cc2)c1. The second-order valence-electron chi connectivity index (χ2n) is 4.94. The number of halogens is 1. The number of benzene rings is 2. The first-order valence-electron chi connectivity index (χ1n) is 7.05. The average Bonchev–Trinajstić information content (AvgIpc) is 2.59. The summed E-state index contributed by atoms with van der Waals surface area (Å²) in [6.07, 6.45) is -0.835. The standard InChI is InChI=1S/C17H17ClN2O3/c1-19-16(22)12-3-2-4-13(9-12)17(23)20-10-15(21)11-5-7-14(18)8-6-11/h2-9,15,21H,10H2,1H3,(H,19,22)(H,20,23). The van der Waals surface area contributed by atoms with E-state index in [-0.39, 0.29) is 18.4 Å². The Kier molecular flexibility index (Phi) is 5.73. The molecule has 1 unspecified atom stereocenters. The van der Waals surface area contributed by atoms with Gasteiger partial charge >= 0.3 is 0 Å². The lowest BCUT2D eigenvalue weighted by Crippen LogP contribution is -2.28. The van der Waals surface area contributed by atoms with Gasteiger partial charge in [0.1, 0.15) is 0 Å². The van der Waals surface area contributed by atoms with Crippen molar-refractivity contribution < 1.29 is 14.7 Å².